The Labute approximate surface area is 99.0 Å². The first kappa shape index (κ1) is 11.2. The number of nitro benzene ring substituents is 1. The first-order chi connectivity index (χ1) is 8.22. The van der Waals surface area contributed by atoms with Crippen LogP contribution < -0.4 is 0 Å². The molecule has 0 fully saturated rings. The van der Waals surface area contributed by atoms with Crippen LogP contribution in [0.2, 0.25) is 0 Å². The van der Waals surface area contributed by atoms with E-state index in [1.165, 1.54) is 6.07 Å². The van der Waals surface area contributed by atoms with E-state index in [9.17, 15) is 10.1 Å². The van der Waals surface area contributed by atoms with Crippen LogP contribution in [0.4, 0.5) is 5.69 Å². The second kappa shape index (κ2) is 4.71. The number of aryl methyl sites for hydroxylation is 1. The molecule has 17 heavy (non-hydrogen) atoms. The van der Waals surface area contributed by atoms with E-state index in [4.69, 9.17) is 0 Å². The summed E-state index contributed by atoms with van der Waals surface area (Å²) in [5, 5.41) is 11.7. The van der Waals surface area contributed by atoms with Gasteiger partial charge in [0.1, 0.15) is 0 Å². The summed E-state index contributed by atoms with van der Waals surface area (Å²) in [6.45, 7) is 2.56. The molecule has 4 nitrogen and oxygen atoms in total. The number of non-ortho nitro benzene ring substituents is 1. The van der Waals surface area contributed by atoms with Crippen LogP contribution in [0.3, 0.4) is 0 Å². The highest BCUT2D eigenvalue weighted by molar-refractivity contribution is 5.82. The van der Waals surface area contributed by atoms with Crippen LogP contribution in [-0.2, 0) is 6.54 Å². The number of fused-ring (bicyclic) bond motifs is 1. The highest BCUT2D eigenvalue weighted by Gasteiger charge is 2.08. The molecule has 0 atom stereocenters. The molecule has 0 radical (unpaired) electrons. The number of rotatable bonds is 3. The number of hydrogen-bond acceptors (Lipinski definition) is 2. The third-order valence-electron chi connectivity index (χ3n) is 2.62. The molecule has 86 valence electrons. The maximum atomic E-state index is 10.7. The van der Waals surface area contributed by atoms with Crippen LogP contribution >= 0.6 is 0 Å². The van der Waals surface area contributed by atoms with E-state index in [0.717, 1.165) is 23.9 Å². The molecule has 2 rings (SSSR count). The lowest BCUT2D eigenvalue weighted by molar-refractivity contribution is -0.384. The lowest BCUT2D eigenvalue weighted by Gasteiger charge is -2.01. The van der Waals surface area contributed by atoms with Crippen molar-refractivity contribution in [3.8, 4) is 11.8 Å². The zero-order chi connectivity index (χ0) is 12.3. The molecule has 0 saturated heterocycles. The molecule has 0 saturated carbocycles. The van der Waals surface area contributed by atoms with Crippen molar-refractivity contribution < 1.29 is 4.92 Å². The summed E-state index contributed by atoms with van der Waals surface area (Å²) in [4.78, 5) is 10.3. The van der Waals surface area contributed by atoms with Gasteiger partial charge in [-0.3, -0.25) is 10.1 Å². The number of nitrogens with zero attached hydrogens (tertiary/aromatic N) is 2. The Morgan fingerprint density at radius 3 is 2.94 bits per heavy atom. The molecule has 0 aliphatic rings. The number of nitro groups is 1. The van der Waals surface area contributed by atoms with E-state index in [1.54, 1.807) is 19.1 Å². The third kappa shape index (κ3) is 2.28. The number of hydrogen-bond donors (Lipinski definition) is 0. The minimum Gasteiger partial charge on any atom is -0.346 e. The topological polar surface area (TPSA) is 48.1 Å². The monoisotopic (exact) mass is 228 g/mol. The first-order valence-electron chi connectivity index (χ1n) is 5.35. The smallest absolute Gasteiger partial charge is 0.271 e. The van der Waals surface area contributed by atoms with Gasteiger partial charge in [-0.15, -0.1) is 11.8 Å². The molecule has 0 unspecified atom stereocenters. The van der Waals surface area contributed by atoms with Crippen LogP contribution in [-0.4, -0.2) is 9.49 Å². The lowest BCUT2D eigenvalue weighted by atomic mass is 10.2. The fourth-order valence-corrected chi connectivity index (χ4v) is 1.78. The Bertz CT molecular complexity index is 617. The second-order valence-electron chi connectivity index (χ2n) is 3.69. The molecule has 1 aromatic carbocycles. The van der Waals surface area contributed by atoms with E-state index in [-0.39, 0.29) is 10.6 Å². The van der Waals surface area contributed by atoms with Gasteiger partial charge in [-0.25, -0.2) is 0 Å². The Balaban J connectivity index is 2.38. The first-order valence-corrected chi connectivity index (χ1v) is 5.35. The number of aromatic nitrogens is 1. The molecule has 4 heteroatoms. The lowest BCUT2D eigenvalue weighted by Crippen LogP contribution is -1.95. The maximum absolute atomic E-state index is 10.7. The van der Waals surface area contributed by atoms with E-state index < -0.39 is 0 Å². The van der Waals surface area contributed by atoms with Gasteiger partial charge in [-0.05, 0) is 19.1 Å². The minimum absolute atomic E-state index is 0.124. The van der Waals surface area contributed by atoms with Crippen LogP contribution in [0.15, 0.2) is 30.5 Å². The van der Waals surface area contributed by atoms with Gasteiger partial charge < -0.3 is 4.57 Å². The van der Waals surface area contributed by atoms with Gasteiger partial charge in [0.25, 0.3) is 5.69 Å². The Morgan fingerprint density at radius 2 is 2.24 bits per heavy atom. The van der Waals surface area contributed by atoms with E-state index >= 15 is 0 Å². The Hall–Kier alpha value is -2.28. The third-order valence-corrected chi connectivity index (χ3v) is 2.62. The van der Waals surface area contributed by atoms with Crippen LogP contribution in [0.1, 0.15) is 13.3 Å². The molecular weight excluding hydrogens is 216 g/mol. The summed E-state index contributed by atoms with van der Waals surface area (Å²) < 4.78 is 1.99. The van der Waals surface area contributed by atoms with Crippen LogP contribution in [0.5, 0.6) is 0 Å². The summed E-state index contributed by atoms with van der Waals surface area (Å²) in [5.41, 5.74) is 1.01. The molecule has 2 aromatic rings. The van der Waals surface area contributed by atoms with Gasteiger partial charge in [0.05, 0.1) is 10.4 Å². The summed E-state index contributed by atoms with van der Waals surface area (Å²) in [7, 11) is 0. The van der Waals surface area contributed by atoms with E-state index in [1.807, 2.05) is 16.8 Å². The number of benzene rings is 1. The summed E-state index contributed by atoms with van der Waals surface area (Å²) in [5.74, 6) is 5.82. The minimum atomic E-state index is -0.372. The zero-order valence-electron chi connectivity index (χ0n) is 9.51. The molecule has 0 bridgehead atoms. The molecule has 0 aliphatic carbocycles. The largest absolute Gasteiger partial charge is 0.346 e. The van der Waals surface area contributed by atoms with E-state index in [0.29, 0.717) is 0 Å². The van der Waals surface area contributed by atoms with Crippen molar-refractivity contribution in [3.63, 3.8) is 0 Å². The van der Waals surface area contributed by atoms with Crippen LogP contribution in [0, 0.1) is 22.0 Å². The quantitative estimate of drug-likeness (QED) is 0.460. The molecular formula is C13H12N2O2. The van der Waals surface area contributed by atoms with Crippen molar-refractivity contribution in [2.45, 2.75) is 19.9 Å². The predicted octanol–water partition coefficient (Wildman–Crippen LogP) is 2.96. The van der Waals surface area contributed by atoms with Gasteiger partial charge in [0.15, 0.2) is 0 Å². The van der Waals surface area contributed by atoms with Crippen LogP contribution in [0.25, 0.3) is 10.9 Å². The van der Waals surface area contributed by atoms with Gasteiger partial charge in [0, 0.05) is 36.7 Å². The summed E-state index contributed by atoms with van der Waals surface area (Å²) in [6.07, 6.45) is 2.69. The van der Waals surface area contributed by atoms with Gasteiger partial charge in [0.2, 0.25) is 0 Å². The standard InChI is InChI=1S/C13H12N2O2/c1-2-3-4-8-14-9-7-11-5-6-12(15(16)17)10-13(11)14/h5-7,9-10H,4,8H2,1H3. The summed E-state index contributed by atoms with van der Waals surface area (Å²) in [6, 6.07) is 6.86. The zero-order valence-corrected chi connectivity index (χ0v) is 9.51. The highest BCUT2D eigenvalue weighted by atomic mass is 16.6. The molecule has 0 amide bonds. The molecule has 0 aliphatic heterocycles. The van der Waals surface area contributed by atoms with Crippen molar-refractivity contribution in [1.82, 2.24) is 4.57 Å². The molecule has 1 heterocycles. The average molecular weight is 228 g/mol. The van der Waals surface area contributed by atoms with Gasteiger partial charge >= 0.3 is 0 Å². The fourth-order valence-electron chi connectivity index (χ4n) is 1.78. The van der Waals surface area contributed by atoms with Gasteiger partial charge in [-0.2, -0.15) is 0 Å². The summed E-state index contributed by atoms with van der Waals surface area (Å²) >= 11 is 0. The van der Waals surface area contributed by atoms with Gasteiger partial charge in [-0.1, -0.05) is 0 Å². The van der Waals surface area contributed by atoms with Crippen molar-refractivity contribution in [2.75, 3.05) is 0 Å². The highest BCUT2D eigenvalue weighted by Crippen LogP contribution is 2.22. The second-order valence-corrected chi connectivity index (χ2v) is 3.69. The maximum Gasteiger partial charge on any atom is 0.271 e. The molecule has 0 spiro atoms. The van der Waals surface area contributed by atoms with Crippen molar-refractivity contribution in [1.29, 1.82) is 0 Å². The predicted molar refractivity (Wildman–Crippen MR) is 66.7 cm³/mol. The van der Waals surface area contributed by atoms with E-state index in [2.05, 4.69) is 11.8 Å². The normalized spacial score (nSPS) is 9.94. The average Bonchev–Trinajstić information content (AvgIpc) is 2.72. The van der Waals surface area contributed by atoms with Crippen molar-refractivity contribution in [2.24, 2.45) is 0 Å². The molecule has 1 aromatic heterocycles. The Morgan fingerprint density at radius 1 is 1.41 bits per heavy atom. The molecule has 0 N–H and O–H groups in total. The fraction of sp³-hybridized carbons (Fsp3) is 0.231. The SMILES string of the molecule is CC#CCCn1ccc2ccc([N+](=O)[O-])cc21. The van der Waals surface area contributed by atoms with Crippen molar-refractivity contribution >= 4 is 16.6 Å². The van der Waals surface area contributed by atoms with Crippen molar-refractivity contribution in [3.05, 3.63) is 40.6 Å². The Kier molecular flexibility index (Phi) is 3.10.